The molecule has 0 bridgehead atoms. The molecule has 1 unspecified atom stereocenters. The van der Waals surface area contributed by atoms with E-state index >= 15 is 0 Å². The molecule has 1 N–H and O–H groups in total. The van der Waals surface area contributed by atoms with Gasteiger partial charge in [-0.05, 0) is 49.3 Å². The fourth-order valence-corrected chi connectivity index (χ4v) is 6.23. The van der Waals surface area contributed by atoms with Crippen molar-refractivity contribution in [2.45, 2.75) is 44.7 Å². The fraction of sp³-hybridized carbons (Fsp3) is 0.462. The summed E-state index contributed by atoms with van der Waals surface area (Å²) in [7, 11) is 1.59. The zero-order chi connectivity index (χ0) is 22.5. The largest absolute Gasteiger partial charge is 0.504 e. The van der Waals surface area contributed by atoms with Gasteiger partial charge in [-0.2, -0.15) is 0 Å². The van der Waals surface area contributed by atoms with Crippen LogP contribution in [0.3, 0.4) is 0 Å². The van der Waals surface area contributed by atoms with Crippen molar-refractivity contribution in [3.05, 3.63) is 54.2 Å². The van der Waals surface area contributed by atoms with Crippen LogP contribution in [0.5, 0.6) is 0 Å². The summed E-state index contributed by atoms with van der Waals surface area (Å²) in [6.45, 7) is 5.56. The van der Waals surface area contributed by atoms with E-state index in [1.807, 2.05) is 24.3 Å². The number of carbonyl (C=O) groups is 2. The number of furan rings is 1. The number of ether oxygens (including phenoxy) is 1. The van der Waals surface area contributed by atoms with Crippen LogP contribution in [-0.4, -0.2) is 48.2 Å². The first-order chi connectivity index (χ1) is 15.5. The third kappa shape index (κ3) is 3.04. The highest BCUT2D eigenvalue weighted by Crippen LogP contribution is 2.50. The van der Waals surface area contributed by atoms with Gasteiger partial charge in [-0.15, -0.1) is 0 Å². The molecule has 0 amide bonds. The van der Waals surface area contributed by atoms with E-state index in [0.29, 0.717) is 5.92 Å². The number of rotatable bonds is 5. The first-order valence-corrected chi connectivity index (χ1v) is 11.5. The summed E-state index contributed by atoms with van der Waals surface area (Å²) in [5, 5.41) is 3.66. The number of benzene rings is 1. The second-order valence-electron chi connectivity index (χ2n) is 9.30. The number of methoxy groups -OCH3 is 1. The van der Waals surface area contributed by atoms with Crippen LogP contribution >= 0.6 is 0 Å². The van der Waals surface area contributed by atoms with E-state index in [1.165, 1.54) is 0 Å². The van der Waals surface area contributed by atoms with Crippen LogP contribution in [0.1, 0.15) is 43.5 Å². The Labute approximate surface area is 188 Å². The predicted molar refractivity (Wildman–Crippen MR) is 122 cm³/mol. The smallest absolute Gasteiger partial charge is 0.192 e. The molecule has 168 valence electrons. The van der Waals surface area contributed by atoms with Gasteiger partial charge in [0, 0.05) is 36.0 Å². The lowest BCUT2D eigenvalue weighted by atomic mass is 9.71. The number of carbonyl (C=O) groups excluding carboxylic acids is 2. The molecule has 5 rings (SSSR count). The number of nitrogens with zero attached hydrogens (tertiary/aromatic N) is 1. The van der Waals surface area contributed by atoms with E-state index in [9.17, 15) is 9.59 Å². The van der Waals surface area contributed by atoms with Crippen LogP contribution < -0.4 is 5.32 Å². The molecule has 6 heteroatoms. The summed E-state index contributed by atoms with van der Waals surface area (Å²) < 4.78 is 10.6. The van der Waals surface area contributed by atoms with Crippen LogP contribution in [0.25, 0.3) is 11.1 Å². The van der Waals surface area contributed by atoms with E-state index < -0.39 is 5.54 Å². The molecule has 3 aliphatic rings. The Morgan fingerprint density at radius 3 is 2.91 bits per heavy atom. The first kappa shape index (κ1) is 21.0. The molecule has 1 aromatic heterocycles. The normalized spacial score (nSPS) is 29.7. The summed E-state index contributed by atoms with van der Waals surface area (Å²) in [6.07, 6.45) is 7.45. The fourth-order valence-electron chi connectivity index (χ4n) is 6.23. The molecule has 6 nitrogen and oxygen atoms in total. The lowest BCUT2D eigenvalue weighted by Gasteiger charge is -2.45. The predicted octanol–water partition coefficient (Wildman–Crippen LogP) is 4.53. The number of anilines is 1. The Kier molecular flexibility index (Phi) is 5.20. The zero-order valence-corrected chi connectivity index (χ0v) is 18.9. The monoisotopic (exact) mass is 434 g/mol. The third-order valence-electron chi connectivity index (χ3n) is 7.78. The van der Waals surface area contributed by atoms with E-state index in [2.05, 4.69) is 17.1 Å². The van der Waals surface area contributed by atoms with Crippen molar-refractivity contribution in [3.8, 4) is 11.1 Å². The summed E-state index contributed by atoms with van der Waals surface area (Å²) in [5.74, 6) is 0.657. The Morgan fingerprint density at radius 1 is 1.38 bits per heavy atom. The standard InChI is InChI=1S/C26H30N2O4/c1-4-17-13-28-10-9-26(23(28)12-20(17)21(15-31-3)16(2)29)25(30)24-19(18-8-11-32-14-18)6-5-7-22(24)27-26/h5-8,11,14-15,17,20,23,27H,4,9-10,12-13H2,1-3H3/b21-15-/t17-,20+,23?,26+/m1/s1. The van der Waals surface area contributed by atoms with Crippen molar-refractivity contribution < 1.29 is 18.7 Å². The molecule has 2 saturated heterocycles. The number of fused-ring (bicyclic) bond motifs is 3. The first-order valence-electron chi connectivity index (χ1n) is 11.5. The molecule has 1 aromatic carbocycles. The maximum atomic E-state index is 14.1. The molecule has 0 saturated carbocycles. The molecular weight excluding hydrogens is 404 g/mol. The minimum absolute atomic E-state index is 0.0343. The van der Waals surface area contributed by atoms with Crippen molar-refractivity contribution in [2.75, 3.05) is 25.5 Å². The summed E-state index contributed by atoms with van der Waals surface area (Å²) in [5.41, 5.74) is 3.55. The summed E-state index contributed by atoms with van der Waals surface area (Å²) in [4.78, 5) is 29.0. The lowest BCUT2D eigenvalue weighted by Crippen LogP contribution is -2.57. The van der Waals surface area contributed by atoms with E-state index in [1.54, 1.807) is 32.8 Å². The van der Waals surface area contributed by atoms with Gasteiger partial charge in [0.1, 0.15) is 5.54 Å². The second-order valence-corrected chi connectivity index (χ2v) is 9.30. The second kappa shape index (κ2) is 7.93. The number of hydrogen-bond donors (Lipinski definition) is 1. The minimum atomic E-state index is -0.659. The van der Waals surface area contributed by atoms with E-state index in [0.717, 1.165) is 60.3 Å². The van der Waals surface area contributed by atoms with Crippen LogP contribution in [0.2, 0.25) is 0 Å². The number of allylic oxidation sites excluding steroid dienone is 1. The number of piperidine rings is 1. The van der Waals surface area contributed by atoms with Gasteiger partial charge < -0.3 is 14.5 Å². The molecule has 0 aliphatic carbocycles. The van der Waals surface area contributed by atoms with Gasteiger partial charge in [0.25, 0.3) is 0 Å². The maximum absolute atomic E-state index is 14.1. The topological polar surface area (TPSA) is 71.8 Å². The van der Waals surface area contributed by atoms with Gasteiger partial charge in [-0.3, -0.25) is 14.5 Å². The van der Waals surface area contributed by atoms with Crippen LogP contribution in [0.4, 0.5) is 5.69 Å². The van der Waals surface area contributed by atoms with Crippen molar-refractivity contribution in [2.24, 2.45) is 11.8 Å². The number of Topliss-reactive ketones (excluding diaryl/α,β-unsaturated/α-hetero) is 2. The van der Waals surface area contributed by atoms with Gasteiger partial charge in [-0.25, -0.2) is 0 Å². The van der Waals surface area contributed by atoms with Crippen LogP contribution in [0.15, 0.2) is 53.0 Å². The highest BCUT2D eigenvalue weighted by atomic mass is 16.5. The van der Waals surface area contributed by atoms with Gasteiger partial charge >= 0.3 is 0 Å². The van der Waals surface area contributed by atoms with Gasteiger partial charge in [0.15, 0.2) is 11.6 Å². The molecule has 2 aromatic rings. The van der Waals surface area contributed by atoms with Crippen molar-refractivity contribution >= 4 is 17.3 Å². The average molecular weight is 435 g/mol. The molecule has 3 aliphatic heterocycles. The molecule has 32 heavy (non-hydrogen) atoms. The molecule has 0 radical (unpaired) electrons. The SMILES string of the molecule is CC[C@@H]1CN2CC[C@]3(Nc4cccc(-c5ccoc5)c4C3=O)C2C[C@@H]1/C(=C\OC)C(C)=O. The lowest BCUT2D eigenvalue weighted by molar-refractivity contribution is -0.114. The van der Waals surface area contributed by atoms with Crippen molar-refractivity contribution in [1.82, 2.24) is 4.90 Å². The quantitative estimate of drug-likeness (QED) is 0.551. The summed E-state index contributed by atoms with van der Waals surface area (Å²) in [6, 6.07) is 7.90. The van der Waals surface area contributed by atoms with E-state index in [-0.39, 0.29) is 23.5 Å². The minimum Gasteiger partial charge on any atom is -0.504 e. The number of hydrogen-bond acceptors (Lipinski definition) is 6. The highest BCUT2D eigenvalue weighted by molar-refractivity contribution is 6.18. The Hall–Kier alpha value is -2.86. The molecule has 1 spiro atoms. The molecule has 2 fully saturated rings. The van der Waals surface area contributed by atoms with Crippen molar-refractivity contribution in [3.63, 3.8) is 0 Å². The van der Waals surface area contributed by atoms with Gasteiger partial charge in [0.2, 0.25) is 0 Å². The molecular formula is C26H30N2O4. The van der Waals surface area contributed by atoms with Gasteiger partial charge in [-0.1, -0.05) is 25.5 Å². The third-order valence-corrected chi connectivity index (χ3v) is 7.78. The van der Waals surface area contributed by atoms with E-state index in [4.69, 9.17) is 9.15 Å². The Morgan fingerprint density at radius 2 is 2.22 bits per heavy atom. The van der Waals surface area contributed by atoms with Crippen molar-refractivity contribution in [1.29, 1.82) is 0 Å². The number of ketones is 2. The summed E-state index contributed by atoms with van der Waals surface area (Å²) >= 11 is 0. The maximum Gasteiger partial charge on any atom is 0.192 e. The highest BCUT2D eigenvalue weighted by Gasteiger charge is 2.59. The average Bonchev–Trinajstić information content (AvgIpc) is 3.51. The molecule has 4 heterocycles. The number of nitrogens with one attached hydrogen (secondary N) is 1. The Balaban J connectivity index is 1.53. The van der Waals surface area contributed by atoms with Gasteiger partial charge in [0.05, 0.1) is 31.5 Å². The van der Waals surface area contributed by atoms with Crippen LogP contribution in [0, 0.1) is 11.8 Å². The Bertz CT molecular complexity index is 1070. The molecule has 4 atom stereocenters. The van der Waals surface area contributed by atoms with Crippen LogP contribution in [-0.2, 0) is 9.53 Å². The zero-order valence-electron chi connectivity index (χ0n) is 18.9.